The highest BCUT2D eigenvalue weighted by Gasteiger charge is 2.45. The van der Waals surface area contributed by atoms with E-state index in [9.17, 15) is 18.0 Å². The van der Waals surface area contributed by atoms with Gasteiger partial charge in [-0.25, -0.2) is 4.79 Å². The Labute approximate surface area is 239 Å². The second-order valence-electron chi connectivity index (χ2n) is 9.91. The zero-order chi connectivity index (χ0) is 28.9. The summed E-state index contributed by atoms with van der Waals surface area (Å²) in [5.74, 6) is -1.05. The molecule has 40 heavy (non-hydrogen) atoms. The zero-order valence-corrected chi connectivity index (χ0v) is 22.8. The largest absolute Gasteiger partial charge is 0.490 e. The zero-order valence-electron chi connectivity index (χ0n) is 21.3. The molecular weight excluding hydrogens is 568 g/mol. The number of aliphatic carboxylic acids is 1. The second kappa shape index (κ2) is 12.5. The van der Waals surface area contributed by atoms with Gasteiger partial charge in [-0.3, -0.25) is 9.69 Å². The smallest absolute Gasteiger partial charge is 0.475 e. The number of hydrogen-bond acceptors (Lipinski definition) is 4. The fraction of sp³-hybridized carbons (Fsp3) is 0.310. The third-order valence-electron chi connectivity index (χ3n) is 6.95. The molecule has 5 rings (SSSR count). The number of alkyl halides is 3. The van der Waals surface area contributed by atoms with Gasteiger partial charge in [0.1, 0.15) is 11.5 Å². The van der Waals surface area contributed by atoms with Crippen molar-refractivity contribution in [3.63, 3.8) is 0 Å². The van der Waals surface area contributed by atoms with Crippen LogP contribution in [-0.2, 0) is 11.3 Å². The molecule has 1 amide bonds. The Morgan fingerprint density at radius 2 is 1.52 bits per heavy atom. The predicted octanol–water partition coefficient (Wildman–Crippen LogP) is 7.16. The Balaban J connectivity index is 0.000000470. The molecule has 0 bridgehead atoms. The number of hydrogen-bond donors (Lipinski definition) is 1. The molecule has 3 aromatic rings. The van der Waals surface area contributed by atoms with Crippen LogP contribution in [0.15, 0.2) is 72.8 Å². The van der Waals surface area contributed by atoms with E-state index < -0.39 is 12.1 Å². The average Bonchev–Trinajstić information content (AvgIpc) is 2.89. The average molecular weight is 595 g/mol. The summed E-state index contributed by atoms with van der Waals surface area (Å²) in [7, 11) is 0. The van der Waals surface area contributed by atoms with Crippen LogP contribution >= 0.6 is 23.2 Å². The van der Waals surface area contributed by atoms with E-state index in [-0.39, 0.29) is 5.91 Å². The molecule has 0 aromatic heterocycles. The summed E-state index contributed by atoms with van der Waals surface area (Å²) in [5.41, 5.74) is 2.20. The van der Waals surface area contributed by atoms with E-state index in [2.05, 4.69) is 17.0 Å². The number of piperidine rings is 1. The summed E-state index contributed by atoms with van der Waals surface area (Å²) in [6.07, 6.45) is -2.99. The van der Waals surface area contributed by atoms with Crippen LogP contribution in [0, 0.1) is 5.41 Å². The van der Waals surface area contributed by atoms with E-state index in [0.717, 1.165) is 57.1 Å². The minimum absolute atomic E-state index is 0.102. The summed E-state index contributed by atoms with van der Waals surface area (Å²) < 4.78 is 37.9. The Hall–Kier alpha value is -3.27. The van der Waals surface area contributed by atoms with E-state index in [1.54, 1.807) is 12.1 Å². The van der Waals surface area contributed by atoms with Crippen LogP contribution in [0.4, 0.5) is 13.2 Å². The number of para-hydroxylation sites is 1. The van der Waals surface area contributed by atoms with Crippen molar-refractivity contribution in [2.45, 2.75) is 25.6 Å². The van der Waals surface area contributed by atoms with E-state index in [1.807, 2.05) is 53.4 Å². The number of carboxylic acid groups (broad SMARTS) is 1. The Morgan fingerprint density at radius 1 is 0.900 bits per heavy atom. The number of likely N-dealkylation sites (tertiary alicyclic amines) is 2. The van der Waals surface area contributed by atoms with Crippen molar-refractivity contribution < 1.29 is 32.6 Å². The molecule has 2 saturated heterocycles. The highest BCUT2D eigenvalue weighted by atomic mass is 35.5. The lowest BCUT2D eigenvalue weighted by Crippen LogP contribution is -2.60. The minimum Gasteiger partial charge on any atom is -0.475 e. The first-order valence-electron chi connectivity index (χ1n) is 12.5. The number of ether oxygens (including phenoxy) is 1. The number of halogens is 5. The fourth-order valence-electron chi connectivity index (χ4n) is 4.92. The first-order chi connectivity index (χ1) is 18.9. The lowest BCUT2D eigenvalue weighted by atomic mass is 9.71. The van der Waals surface area contributed by atoms with Gasteiger partial charge in [0.05, 0.1) is 0 Å². The van der Waals surface area contributed by atoms with E-state index in [1.165, 1.54) is 5.56 Å². The summed E-state index contributed by atoms with van der Waals surface area (Å²) in [6, 6.07) is 22.8. The molecule has 2 fully saturated rings. The maximum atomic E-state index is 12.8. The molecule has 6 nitrogen and oxygen atoms in total. The second-order valence-corrected chi connectivity index (χ2v) is 10.8. The van der Waals surface area contributed by atoms with Crippen molar-refractivity contribution >= 4 is 35.1 Å². The Bertz CT molecular complexity index is 1340. The molecule has 2 aliphatic rings. The molecule has 3 aromatic carbocycles. The number of rotatable bonds is 5. The first kappa shape index (κ1) is 29.7. The molecular formula is C29H27Cl2F3N2O4. The number of carbonyl (C=O) groups excluding carboxylic acids is 1. The molecule has 0 aliphatic carbocycles. The molecule has 1 spiro atoms. The topological polar surface area (TPSA) is 70.1 Å². The highest BCUT2D eigenvalue weighted by molar-refractivity contribution is 6.31. The van der Waals surface area contributed by atoms with Gasteiger partial charge >= 0.3 is 12.1 Å². The maximum Gasteiger partial charge on any atom is 0.490 e. The van der Waals surface area contributed by atoms with Crippen LogP contribution in [0.5, 0.6) is 11.5 Å². The molecule has 0 radical (unpaired) electrons. The molecule has 212 valence electrons. The Kier molecular flexibility index (Phi) is 9.28. The first-order valence-corrected chi connectivity index (χ1v) is 13.3. The van der Waals surface area contributed by atoms with Crippen molar-refractivity contribution in [2.75, 3.05) is 26.2 Å². The molecule has 0 atom stereocenters. The van der Waals surface area contributed by atoms with Crippen LogP contribution < -0.4 is 4.74 Å². The molecule has 1 N–H and O–H groups in total. The third-order valence-corrected chi connectivity index (χ3v) is 7.44. The molecule has 0 unspecified atom stereocenters. The summed E-state index contributed by atoms with van der Waals surface area (Å²) >= 11 is 12.1. The van der Waals surface area contributed by atoms with Gasteiger partial charge in [0.15, 0.2) is 0 Å². The van der Waals surface area contributed by atoms with Crippen LogP contribution in [0.1, 0.15) is 28.8 Å². The van der Waals surface area contributed by atoms with Gasteiger partial charge in [-0.2, -0.15) is 13.2 Å². The van der Waals surface area contributed by atoms with Gasteiger partial charge in [0.25, 0.3) is 5.91 Å². The number of nitrogens with zero attached hydrogens (tertiary/aromatic N) is 2. The van der Waals surface area contributed by atoms with Gasteiger partial charge in [-0.05, 0) is 66.8 Å². The van der Waals surface area contributed by atoms with Gasteiger partial charge in [-0.1, -0.05) is 47.5 Å². The normalized spacial score (nSPS) is 16.5. The van der Waals surface area contributed by atoms with Gasteiger partial charge in [-0.15, -0.1) is 0 Å². The van der Waals surface area contributed by atoms with Crippen molar-refractivity contribution in [2.24, 2.45) is 5.41 Å². The molecule has 2 heterocycles. The monoisotopic (exact) mass is 594 g/mol. The van der Waals surface area contributed by atoms with Crippen LogP contribution in [-0.4, -0.2) is 59.1 Å². The number of carboxylic acids is 1. The molecule has 0 saturated carbocycles. The SMILES string of the molecule is O=C(O)C(F)(F)F.O=C(c1ccc(Cl)cc1)N1CCC2(CC1)CN(Cc1ccccc1Oc1cccc(Cl)c1)C2. The minimum atomic E-state index is -5.08. The van der Waals surface area contributed by atoms with Gasteiger partial charge in [0, 0.05) is 53.9 Å². The quantitative estimate of drug-likeness (QED) is 0.339. The van der Waals surface area contributed by atoms with E-state index in [4.69, 9.17) is 37.8 Å². The van der Waals surface area contributed by atoms with E-state index >= 15 is 0 Å². The highest BCUT2D eigenvalue weighted by Crippen LogP contribution is 2.42. The van der Waals surface area contributed by atoms with E-state index in [0.29, 0.717) is 21.0 Å². The van der Waals surface area contributed by atoms with Crippen molar-refractivity contribution in [1.29, 1.82) is 0 Å². The van der Waals surface area contributed by atoms with Crippen LogP contribution in [0.2, 0.25) is 10.0 Å². The van der Waals surface area contributed by atoms with Crippen molar-refractivity contribution in [3.8, 4) is 11.5 Å². The molecule has 11 heteroatoms. The number of amides is 1. The predicted molar refractivity (Wildman–Crippen MR) is 146 cm³/mol. The third kappa shape index (κ3) is 7.68. The van der Waals surface area contributed by atoms with Crippen LogP contribution in [0.25, 0.3) is 0 Å². The summed E-state index contributed by atoms with van der Waals surface area (Å²) in [6.45, 7) is 4.59. The Morgan fingerprint density at radius 3 is 2.12 bits per heavy atom. The lowest BCUT2D eigenvalue weighted by Gasteiger charge is -2.54. The standard InChI is InChI=1S/C27H26Cl2N2O2.C2HF3O2/c28-22-10-8-20(9-11-22)26(32)31-14-12-27(13-15-31)18-30(19-27)17-21-4-1-2-7-25(21)33-24-6-3-5-23(29)16-24;3-2(4,5)1(6)7/h1-11,16H,12-15,17-19H2;(H,6,7). The molecule has 2 aliphatic heterocycles. The maximum absolute atomic E-state index is 12.8. The van der Waals surface area contributed by atoms with Gasteiger partial charge < -0.3 is 14.7 Å². The fourth-order valence-corrected chi connectivity index (χ4v) is 5.23. The number of carbonyl (C=O) groups is 2. The van der Waals surface area contributed by atoms with Crippen molar-refractivity contribution in [1.82, 2.24) is 9.80 Å². The van der Waals surface area contributed by atoms with Crippen LogP contribution in [0.3, 0.4) is 0 Å². The summed E-state index contributed by atoms with van der Waals surface area (Å²) in [4.78, 5) is 26.1. The number of benzene rings is 3. The lowest BCUT2D eigenvalue weighted by molar-refractivity contribution is -0.192. The summed E-state index contributed by atoms with van der Waals surface area (Å²) in [5, 5.41) is 8.44. The van der Waals surface area contributed by atoms with Gasteiger partial charge in [0.2, 0.25) is 0 Å². The van der Waals surface area contributed by atoms with Crippen molar-refractivity contribution in [3.05, 3.63) is 94.0 Å².